The molecule has 1 spiro atoms. The predicted octanol–water partition coefficient (Wildman–Crippen LogP) is 1.83. The first kappa shape index (κ1) is 31.5. The molecule has 0 bridgehead atoms. The average molecular weight is 624 g/mol. The maximum atomic E-state index is 13.1. The van der Waals surface area contributed by atoms with Gasteiger partial charge < -0.3 is 24.6 Å². The molecular weight excluding hydrogens is 591 g/mol. The fraction of sp³-hybridized carbons (Fsp3) is 0.520. The fourth-order valence-corrected chi connectivity index (χ4v) is 7.19. The first-order chi connectivity index (χ1) is 19.2. The van der Waals surface area contributed by atoms with E-state index in [0.29, 0.717) is 25.9 Å². The van der Waals surface area contributed by atoms with Crippen molar-refractivity contribution >= 4 is 20.0 Å². The standard InChI is InChI=1S/C25H32F3N3O8S2/c1-29-40(33,34)21-6-4-5-20(13-21)37-17-19(32)15-30-18-14-24(38-16-18)9-11-31(12-10-24)41(35,36)23-8-3-2-7-22(23)39-25(26,27)28/h2-8,13,18-19,29-30,32H,9-12,14-17H2,1H3. The van der Waals surface area contributed by atoms with Crippen molar-refractivity contribution in [3.05, 3.63) is 48.5 Å². The van der Waals surface area contributed by atoms with E-state index >= 15 is 0 Å². The second-order valence-electron chi connectivity index (χ2n) is 9.85. The Kier molecular flexibility index (Phi) is 9.52. The third-order valence-corrected chi connectivity index (χ3v) is 10.4. The first-order valence-corrected chi connectivity index (χ1v) is 15.7. The minimum absolute atomic E-state index is 0.0382. The third-order valence-electron chi connectivity index (χ3n) is 7.00. The summed E-state index contributed by atoms with van der Waals surface area (Å²) in [6, 6.07) is 10.4. The molecule has 0 amide bonds. The molecule has 2 atom stereocenters. The van der Waals surface area contributed by atoms with Crippen molar-refractivity contribution in [2.24, 2.45) is 0 Å². The highest BCUT2D eigenvalue weighted by atomic mass is 32.2. The first-order valence-electron chi connectivity index (χ1n) is 12.8. The van der Waals surface area contributed by atoms with Crippen LogP contribution < -0.4 is 19.5 Å². The zero-order valence-electron chi connectivity index (χ0n) is 22.1. The molecule has 2 heterocycles. The van der Waals surface area contributed by atoms with Crippen LogP contribution in [0.4, 0.5) is 13.2 Å². The van der Waals surface area contributed by atoms with Crippen LogP contribution in [0.1, 0.15) is 19.3 Å². The lowest BCUT2D eigenvalue weighted by Gasteiger charge is -2.38. The van der Waals surface area contributed by atoms with Crippen molar-refractivity contribution in [1.29, 1.82) is 0 Å². The Bertz CT molecular complexity index is 1420. The lowest BCUT2D eigenvalue weighted by Crippen LogP contribution is -2.47. The third kappa shape index (κ3) is 7.88. The molecular formula is C25H32F3N3O8S2. The van der Waals surface area contributed by atoms with Gasteiger partial charge >= 0.3 is 6.36 Å². The molecule has 2 fully saturated rings. The summed E-state index contributed by atoms with van der Waals surface area (Å²) in [6.45, 7) is 0.561. The lowest BCUT2D eigenvalue weighted by molar-refractivity contribution is -0.275. The normalized spacial score (nSPS) is 20.7. The molecule has 3 N–H and O–H groups in total. The van der Waals surface area contributed by atoms with E-state index < -0.39 is 48.8 Å². The summed E-state index contributed by atoms with van der Waals surface area (Å²) in [4.78, 5) is -0.511. The Morgan fingerprint density at radius 3 is 2.51 bits per heavy atom. The summed E-state index contributed by atoms with van der Waals surface area (Å²) in [5.74, 6) is -0.488. The quantitative estimate of drug-likeness (QED) is 0.342. The molecule has 2 aromatic carbocycles. The molecule has 0 aliphatic carbocycles. The van der Waals surface area contributed by atoms with Crippen molar-refractivity contribution in [3.8, 4) is 11.5 Å². The molecule has 2 saturated heterocycles. The topological polar surface area (TPSA) is 144 Å². The lowest BCUT2D eigenvalue weighted by atomic mass is 9.88. The summed E-state index contributed by atoms with van der Waals surface area (Å²) in [7, 11) is -6.56. The number of nitrogens with one attached hydrogen (secondary N) is 2. The van der Waals surface area contributed by atoms with E-state index in [1.54, 1.807) is 6.07 Å². The summed E-state index contributed by atoms with van der Waals surface area (Å²) in [5.41, 5.74) is -0.591. The van der Waals surface area contributed by atoms with Gasteiger partial charge in [0.2, 0.25) is 20.0 Å². The molecule has 0 saturated carbocycles. The molecule has 4 rings (SSSR count). The number of para-hydroxylation sites is 1. The van der Waals surface area contributed by atoms with Gasteiger partial charge in [0.05, 0.1) is 17.1 Å². The number of aliphatic hydroxyl groups excluding tert-OH is 1. The molecule has 228 valence electrons. The number of hydrogen-bond acceptors (Lipinski definition) is 9. The van der Waals surface area contributed by atoms with E-state index in [4.69, 9.17) is 9.47 Å². The number of benzene rings is 2. The van der Waals surface area contributed by atoms with E-state index in [9.17, 15) is 35.1 Å². The number of alkyl halides is 3. The van der Waals surface area contributed by atoms with E-state index in [2.05, 4.69) is 14.8 Å². The van der Waals surface area contributed by atoms with Crippen LogP contribution in [0.3, 0.4) is 0 Å². The highest BCUT2D eigenvalue weighted by Gasteiger charge is 2.45. The molecule has 0 radical (unpaired) electrons. The molecule has 0 aromatic heterocycles. The number of piperidine rings is 1. The largest absolute Gasteiger partial charge is 0.573 e. The van der Waals surface area contributed by atoms with Crippen molar-refractivity contribution in [2.45, 2.75) is 53.2 Å². The van der Waals surface area contributed by atoms with E-state index in [0.717, 1.165) is 16.4 Å². The van der Waals surface area contributed by atoms with Crippen LogP contribution in [0.5, 0.6) is 11.5 Å². The number of hydrogen-bond donors (Lipinski definition) is 3. The average Bonchev–Trinajstić information content (AvgIpc) is 3.32. The van der Waals surface area contributed by atoms with Crippen LogP contribution in [0.25, 0.3) is 0 Å². The van der Waals surface area contributed by atoms with Crippen molar-refractivity contribution in [3.63, 3.8) is 0 Å². The SMILES string of the molecule is CNS(=O)(=O)c1cccc(OCC(O)CNC2COC3(CCN(S(=O)(=O)c4ccccc4OC(F)(F)F)CC3)C2)c1. The number of halogens is 3. The smallest absolute Gasteiger partial charge is 0.491 e. The molecule has 41 heavy (non-hydrogen) atoms. The summed E-state index contributed by atoms with van der Waals surface area (Å²) < 4.78 is 107. The van der Waals surface area contributed by atoms with Crippen LogP contribution in [0.2, 0.25) is 0 Å². The van der Waals surface area contributed by atoms with Crippen LogP contribution in [0.15, 0.2) is 58.3 Å². The minimum atomic E-state index is -5.03. The molecule has 2 aliphatic heterocycles. The maximum absolute atomic E-state index is 13.1. The van der Waals surface area contributed by atoms with E-state index in [1.807, 2.05) is 0 Å². The van der Waals surface area contributed by atoms with Crippen molar-refractivity contribution in [1.82, 2.24) is 14.3 Å². The molecule has 2 aromatic rings. The highest BCUT2D eigenvalue weighted by Crippen LogP contribution is 2.39. The Morgan fingerprint density at radius 1 is 1.12 bits per heavy atom. The van der Waals surface area contributed by atoms with Gasteiger partial charge in [-0.15, -0.1) is 13.2 Å². The van der Waals surface area contributed by atoms with Crippen molar-refractivity contribution < 1.29 is 49.3 Å². The highest BCUT2D eigenvalue weighted by molar-refractivity contribution is 7.89. The predicted molar refractivity (Wildman–Crippen MR) is 140 cm³/mol. The Labute approximate surface area is 236 Å². The van der Waals surface area contributed by atoms with Crippen LogP contribution in [-0.4, -0.2) is 90.3 Å². The Balaban J connectivity index is 1.26. The molecule has 16 heteroatoms. The van der Waals surface area contributed by atoms with Gasteiger partial charge in [-0.3, -0.25) is 0 Å². The van der Waals surface area contributed by atoms with Gasteiger partial charge in [0.15, 0.2) is 0 Å². The fourth-order valence-electron chi connectivity index (χ4n) is 4.87. The van der Waals surface area contributed by atoms with Gasteiger partial charge in [-0.2, -0.15) is 4.31 Å². The van der Waals surface area contributed by atoms with E-state index in [-0.39, 0.29) is 42.9 Å². The number of ether oxygens (including phenoxy) is 3. The zero-order valence-corrected chi connectivity index (χ0v) is 23.8. The molecule has 2 aliphatic rings. The van der Waals surface area contributed by atoms with Crippen LogP contribution in [-0.2, 0) is 24.8 Å². The number of nitrogens with zero attached hydrogens (tertiary/aromatic N) is 1. The van der Waals surface area contributed by atoms with Gasteiger partial charge in [-0.25, -0.2) is 21.6 Å². The monoisotopic (exact) mass is 623 g/mol. The van der Waals surface area contributed by atoms with Gasteiger partial charge in [0.1, 0.15) is 29.1 Å². The van der Waals surface area contributed by atoms with Gasteiger partial charge in [-0.1, -0.05) is 18.2 Å². The van der Waals surface area contributed by atoms with Gasteiger partial charge in [0.25, 0.3) is 0 Å². The second kappa shape index (κ2) is 12.4. The van der Waals surface area contributed by atoms with Crippen LogP contribution in [0, 0.1) is 0 Å². The molecule has 2 unspecified atom stereocenters. The number of sulfonamides is 2. The van der Waals surface area contributed by atoms with E-state index in [1.165, 1.54) is 37.4 Å². The van der Waals surface area contributed by atoms with Gasteiger partial charge in [0, 0.05) is 31.7 Å². The molecule has 11 nitrogen and oxygen atoms in total. The maximum Gasteiger partial charge on any atom is 0.573 e. The second-order valence-corrected chi connectivity index (χ2v) is 13.6. The summed E-state index contributed by atoms with van der Waals surface area (Å²) in [5, 5.41) is 13.6. The Morgan fingerprint density at radius 2 is 1.83 bits per heavy atom. The van der Waals surface area contributed by atoms with Crippen LogP contribution >= 0.6 is 0 Å². The number of aliphatic hydroxyl groups is 1. The summed E-state index contributed by atoms with van der Waals surface area (Å²) in [6.07, 6.45) is -4.67. The minimum Gasteiger partial charge on any atom is -0.491 e. The zero-order chi connectivity index (χ0) is 29.9. The Hall–Kier alpha value is -2.47. The number of rotatable bonds is 11. The van der Waals surface area contributed by atoms with Crippen molar-refractivity contribution in [2.75, 3.05) is 39.9 Å². The summed E-state index contributed by atoms with van der Waals surface area (Å²) >= 11 is 0. The van der Waals surface area contributed by atoms with Gasteiger partial charge in [-0.05, 0) is 50.6 Å².